The molecule has 0 unspecified atom stereocenters. The molecular formula is C8H13N3O2. The van der Waals surface area contributed by atoms with E-state index in [0.29, 0.717) is 0 Å². The molecule has 0 fully saturated rings. The van der Waals surface area contributed by atoms with Crippen molar-refractivity contribution in [2.24, 2.45) is 4.99 Å². The molecule has 0 aromatic rings. The Kier molecular flexibility index (Phi) is 4.58. The summed E-state index contributed by atoms with van der Waals surface area (Å²) in [6.07, 6.45) is 0. The van der Waals surface area contributed by atoms with Gasteiger partial charge in [-0.3, -0.25) is 10.8 Å². The second-order valence-electron chi connectivity index (χ2n) is 2.38. The van der Waals surface area contributed by atoms with Gasteiger partial charge in [0.15, 0.2) is 5.71 Å². The van der Waals surface area contributed by atoms with E-state index in [2.05, 4.69) is 9.73 Å². The fourth-order valence-electron chi connectivity index (χ4n) is 0.658. The Morgan fingerprint density at radius 1 is 1.38 bits per heavy atom. The quantitative estimate of drug-likeness (QED) is 0.389. The number of amidine groups is 1. The molecule has 2 N–H and O–H groups in total. The van der Waals surface area contributed by atoms with Crippen molar-refractivity contribution in [2.75, 3.05) is 6.61 Å². The lowest BCUT2D eigenvalue weighted by atomic mass is 10.2. The molecule has 0 aromatic carbocycles. The minimum Gasteiger partial charge on any atom is -0.461 e. The monoisotopic (exact) mass is 183 g/mol. The topological polar surface area (TPSA) is 86.4 Å². The van der Waals surface area contributed by atoms with Crippen molar-refractivity contribution in [3.05, 3.63) is 0 Å². The number of hydrogen-bond donors (Lipinski definition) is 2. The summed E-state index contributed by atoms with van der Waals surface area (Å²) in [5.74, 6) is -0.642. The number of rotatable bonds is 3. The minimum atomic E-state index is -0.704. The van der Waals surface area contributed by atoms with Gasteiger partial charge in [-0.15, -0.1) is 0 Å². The van der Waals surface area contributed by atoms with Gasteiger partial charge in [0.2, 0.25) is 0 Å². The van der Waals surface area contributed by atoms with Crippen LogP contribution in [-0.2, 0) is 9.53 Å². The van der Waals surface area contributed by atoms with E-state index in [1.54, 1.807) is 6.92 Å². The zero-order valence-corrected chi connectivity index (χ0v) is 7.97. The normalized spacial score (nSPS) is 10.8. The lowest BCUT2D eigenvalue weighted by Crippen LogP contribution is -2.23. The Labute approximate surface area is 76.8 Å². The smallest absolute Gasteiger partial charge is 0.358 e. The second kappa shape index (κ2) is 5.18. The van der Waals surface area contributed by atoms with E-state index in [1.165, 1.54) is 13.8 Å². The summed E-state index contributed by atoms with van der Waals surface area (Å²) in [7, 11) is 0. The van der Waals surface area contributed by atoms with Gasteiger partial charge < -0.3 is 4.74 Å². The minimum absolute atomic E-state index is 0.0616. The average molecular weight is 183 g/mol. The predicted octanol–water partition coefficient (Wildman–Crippen LogP) is 1.03. The van der Waals surface area contributed by atoms with Crippen LogP contribution in [0.25, 0.3) is 0 Å². The molecule has 5 heteroatoms. The van der Waals surface area contributed by atoms with E-state index >= 15 is 0 Å². The number of nitrogens with zero attached hydrogens (tertiary/aromatic N) is 1. The van der Waals surface area contributed by atoms with Crippen molar-refractivity contribution in [3.8, 4) is 0 Å². The molecule has 0 aromatic heterocycles. The van der Waals surface area contributed by atoms with Gasteiger partial charge >= 0.3 is 5.97 Å². The average Bonchev–Trinajstić information content (AvgIpc) is 2.02. The van der Waals surface area contributed by atoms with Gasteiger partial charge in [0.05, 0.1) is 12.3 Å². The Hall–Kier alpha value is -1.52. The molecule has 13 heavy (non-hydrogen) atoms. The number of esters is 1. The Bertz CT molecular complexity index is 269. The summed E-state index contributed by atoms with van der Waals surface area (Å²) in [6, 6.07) is 0. The van der Waals surface area contributed by atoms with Crippen LogP contribution in [0.4, 0.5) is 0 Å². The van der Waals surface area contributed by atoms with E-state index in [1.807, 2.05) is 0 Å². The summed E-state index contributed by atoms with van der Waals surface area (Å²) in [5.41, 5.74) is -0.0978. The van der Waals surface area contributed by atoms with Crippen molar-refractivity contribution < 1.29 is 9.53 Å². The molecule has 0 amide bonds. The summed E-state index contributed by atoms with van der Waals surface area (Å²) < 4.78 is 4.59. The van der Waals surface area contributed by atoms with Crippen LogP contribution in [0.5, 0.6) is 0 Å². The number of hydrogen-bond acceptors (Lipinski definition) is 4. The molecular weight excluding hydrogens is 170 g/mol. The van der Waals surface area contributed by atoms with Gasteiger partial charge in [-0.05, 0) is 20.8 Å². The maximum Gasteiger partial charge on any atom is 0.358 e. The first-order valence-electron chi connectivity index (χ1n) is 3.85. The Balaban J connectivity index is 4.43. The zero-order chi connectivity index (χ0) is 10.4. The van der Waals surface area contributed by atoms with Crippen LogP contribution < -0.4 is 0 Å². The molecule has 0 aliphatic heterocycles. The van der Waals surface area contributed by atoms with Crippen molar-refractivity contribution in [1.82, 2.24) is 0 Å². The van der Waals surface area contributed by atoms with Gasteiger partial charge in [-0.1, -0.05) is 0 Å². The number of carbonyl (C=O) groups is 1. The van der Waals surface area contributed by atoms with Crippen LogP contribution in [0.3, 0.4) is 0 Å². The van der Waals surface area contributed by atoms with Gasteiger partial charge in [0, 0.05) is 0 Å². The van der Waals surface area contributed by atoms with Crippen molar-refractivity contribution in [3.63, 3.8) is 0 Å². The van der Waals surface area contributed by atoms with Crippen LogP contribution in [0.1, 0.15) is 20.8 Å². The SMILES string of the molecule is CCOC(=O)C(=N)C(C)=NC(C)=N. The molecule has 0 saturated carbocycles. The first kappa shape index (κ1) is 11.5. The third kappa shape index (κ3) is 4.15. The summed E-state index contributed by atoms with van der Waals surface area (Å²) >= 11 is 0. The third-order valence-corrected chi connectivity index (χ3v) is 1.18. The predicted molar refractivity (Wildman–Crippen MR) is 50.9 cm³/mol. The Morgan fingerprint density at radius 3 is 2.31 bits per heavy atom. The van der Waals surface area contributed by atoms with Crippen molar-refractivity contribution in [1.29, 1.82) is 10.8 Å². The van der Waals surface area contributed by atoms with E-state index in [0.717, 1.165) is 0 Å². The molecule has 0 radical (unpaired) electrons. The fraction of sp³-hybridized carbons (Fsp3) is 0.500. The number of aliphatic imine (C=N–C) groups is 1. The molecule has 0 aliphatic carbocycles. The molecule has 0 bridgehead atoms. The first-order valence-corrected chi connectivity index (χ1v) is 3.85. The third-order valence-electron chi connectivity index (χ3n) is 1.18. The standard InChI is InChI=1S/C8H13N3O2/c1-4-13-8(12)7(10)5(2)11-6(3)9/h9-10H,4H2,1-3H3. The van der Waals surface area contributed by atoms with Crippen LogP contribution >= 0.6 is 0 Å². The van der Waals surface area contributed by atoms with Crippen LogP contribution in [0.2, 0.25) is 0 Å². The zero-order valence-electron chi connectivity index (χ0n) is 7.97. The lowest BCUT2D eigenvalue weighted by Gasteiger charge is -2.02. The highest BCUT2D eigenvalue weighted by Crippen LogP contribution is 1.88. The van der Waals surface area contributed by atoms with Crippen molar-refractivity contribution in [2.45, 2.75) is 20.8 Å². The van der Waals surface area contributed by atoms with Crippen LogP contribution in [-0.4, -0.2) is 29.8 Å². The molecule has 72 valence electrons. The second-order valence-corrected chi connectivity index (χ2v) is 2.38. The van der Waals surface area contributed by atoms with Gasteiger partial charge in [0.1, 0.15) is 5.84 Å². The first-order chi connectivity index (χ1) is 5.99. The summed E-state index contributed by atoms with van der Waals surface area (Å²) in [4.78, 5) is 14.6. The fourth-order valence-corrected chi connectivity index (χ4v) is 0.658. The molecule has 5 nitrogen and oxygen atoms in total. The maximum atomic E-state index is 11.0. The number of carbonyl (C=O) groups excluding carboxylic acids is 1. The molecule has 0 rings (SSSR count). The van der Waals surface area contributed by atoms with Crippen molar-refractivity contribution >= 4 is 23.2 Å². The maximum absolute atomic E-state index is 11.0. The van der Waals surface area contributed by atoms with Gasteiger partial charge in [-0.2, -0.15) is 0 Å². The molecule has 0 atom stereocenters. The summed E-state index contributed by atoms with van der Waals surface area (Å²) in [6.45, 7) is 4.87. The largest absolute Gasteiger partial charge is 0.461 e. The van der Waals surface area contributed by atoms with E-state index < -0.39 is 5.97 Å². The van der Waals surface area contributed by atoms with Crippen LogP contribution in [0.15, 0.2) is 4.99 Å². The van der Waals surface area contributed by atoms with E-state index in [-0.39, 0.29) is 23.9 Å². The summed E-state index contributed by atoms with van der Waals surface area (Å²) in [5, 5.41) is 14.3. The molecule has 0 saturated heterocycles. The van der Waals surface area contributed by atoms with E-state index in [4.69, 9.17) is 10.8 Å². The highest BCUT2D eigenvalue weighted by molar-refractivity contribution is 6.64. The number of ether oxygens (including phenoxy) is 1. The van der Waals surface area contributed by atoms with Gasteiger partial charge in [0.25, 0.3) is 0 Å². The molecule has 0 spiro atoms. The molecule has 0 aliphatic rings. The number of nitrogens with one attached hydrogen (secondary N) is 2. The molecule has 0 heterocycles. The lowest BCUT2D eigenvalue weighted by molar-refractivity contribution is -0.134. The highest BCUT2D eigenvalue weighted by atomic mass is 16.5. The van der Waals surface area contributed by atoms with Crippen LogP contribution in [0, 0.1) is 10.8 Å². The Morgan fingerprint density at radius 2 is 1.92 bits per heavy atom. The van der Waals surface area contributed by atoms with Gasteiger partial charge in [-0.25, -0.2) is 9.79 Å². The highest BCUT2D eigenvalue weighted by Gasteiger charge is 2.13. The van der Waals surface area contributed by atoms with E-state index in [9.17, 15) is 4.79 Å².